The Morgan fingerprint density at radius 2 is 2.24 bits per heavy atom. The van der Waals surface area contributed by atoms with Gasteiger partial charge < -0.3 is 5.73 Å². The van der Waals surface area contributed by atoms with Crippen molar-refractivity contribution in [3.63, 3.8) is 0 Å². The average molecular weight is 321 g/mol. The third kappa shape index (κ3) is 3.98. The lowest BCUT2D eigenvalue weighted by molar-refractivity contribution is -0.116. The Morgan fingerprint density at radius 3 is 2.86 bits per heavy atom. The third-order valence-corrected chi connectivity index (χ3v) is 5.03. The monoisotopic (exact) mass is 321 g/mol. The number of thioether (sulfide) groups is 1. The maximum Gasteiger partial charge on any atom is 0.225 e. The lowest BCUT2D eigenvalue weighted by Crippen LogP contribution is -2.27. The van der Waals surface area contributed by atoms with Gasteiger partial charge in [0.05, 0.1) is 5.69 Å². The molecule has 1 amide bonds. The quantitative estimate of drug-likeness (QED) is 0.674. The van der Waals surface area contributed by atoms with Crippen LogP contribution in [0.4, 0.5) is 10.8 Å². The number of carbonyl (C=O) groups excluding carboxylic acids is 1. The topological polar surface area (TPSA) is 59.2 Å². The molecule has 2 N–H and O–H groups in total. The molecule has 0 atom stereocenters. The van der Waals surface area contributed by atoms with Crippen LogP contribution in [-0.2, 0) is 10.5 Å². The predicted octanol–water partition coefficient (Wildman–Crippen LogP) is 3.70. The molecular formula is C15H19N3OS2. The highest BCUT2D eigenvalue weighted by Crippen LogP contribution is 2.28. The summed E-state index contributed by atoms with van der Waals surface area (Å²) in [4.78, 5) is 18.9. The van der Waals surface area contributed by atoms with Gasteiger partial charge in [0, 0.05) is 35.2 Å². The van der Waals surface area contributed by atoms with Crippen molar-refractivity contribution in [2.45, 2.75) is 31.4 Å². The molecule has 1 aromatic heterocycles. The first-order chi connectivity index (χ1) is 10.0. The summed E-state index contributed by atoms with van der Waals surface area (Å²) in [5.41, 5.74) is 8.72. The van der Waals surface area contributed by atoms with Gasteiger partial charge in [0.2, 0.25) is 5.91 Å². The average Bonchev–Trinajstić information content (AvgIpc) is 2.89. The van der Waals surface area contributed by atoms with Crippen LogP contribution >= 0.6 is 23.1 Å². The van der Waals surface area contributed by atoms with E-state index in [-0.39, 0.29) is 5.91 Å². The zero-order valence-electron chi connectivity index (χ0n) is 12.4. The summed E-state index contributed by atoms with van der Waals surface area (Å²) in [6.45, 7) is 6.17. The molecule has 1 heterocycles. The summed E-state index contributed by atoms with van der Waals surface area (Å²) in [5.74, 6) is 0.815. The van der Waals surface area contributed by atoms with E-state index < -0.39 is 0 Å². The number of aromatic nitrogens is 1. The Morgan fingerprint density at radius 1 is 1.48 bits per heavy atom. The molecule has 0 saturated carbocycles. The minimum atomic E-state index is 0.0280. The number of hydrogen-bond donors (Lipinski definition) is 1. The number of amides is 1. The van der Waals surface area contributed by atoms with Crippen LogP contribution in [-0.4, -0.2) is 17.4 Å². The fraction of sp³-hybridized carbons (Fsp3) is 0.333. The summed E-state index contributed by atoms with van der Waals surface area (Å²) >= 11 is 3.23. The summed E-state index contributed by atoms with van der Waals surface area (Å²) in [6, 6.07) is 6.04. The highest BCUT2D eigenvalue weighted by Gasteiger charge is 2.13. The van der Waals surface area contributed by atoms with E-state index in [9.17, 15) is 4.79 Å². The van der Waals surface area contributed by atoms with Crippen LogP contribution in [0.3, 0.4) is 0 Å². The van der Waals surface area contributed by atoms with Gasteiger partial charge in [-0.2, -0.15) is 0 Å². The molecule has 0 saturated heterocycles. The fourth-order valence-electron chi connectivity index (χ4n) is 1.87. The van der Waals surface area contributed by atoms with Crippen LogP contribution in [0.15, 0.2) is 28.5 Å². The van der Waals surface area contributed by atoms with E-state index in [2.05, 4.69) is 11.1 Å². The highest BCUT2D eigenvalue weighted by atomic mass is 32.2. The number of anilines is 2. The van der Waals surface area contributed by atoms with Gasteiger partial charge in [-0.15, -0.1) is 23.1 Å². The second-order valence-corrected chi connectivity index (χ2v) is 6.58. The zero-order valence-corrected chi connectivity index (χ0v) is 14.1. The Hall–Kier alpha value is -1.53. The Bertz CT molecular complexity index is 640. The third-order valence-electron chi connectivity index (χ3n) is 3.09. The molecule has 2 aromatic rings. The SMILES string of the molecule is CCN(C(C)=O)c1nc(CSc2ccc(N)c(C)c2)cs1. The molecule has 112 valence electrons. The molecule has 0 aliphatic carbocycles. The number of rotatable bonds is 5. The van der Waals surface area contributed by atoms with E-state index in [1.165, 1.54) is 16.2 Å². The van der Waals surface area contributed by atoms with Crippen molar-refractivity contribution in [3.8, 4) is 0 Å². The molecule has 6 heteroatoms. The van der Waals surface area contributed by atoms with Crippen LogP contribution in [0, 0.1) is 6.92 Å². The van der Waals surface area contributed by atoms with E-state index in [1.807, 2.05) is 31.4 Å². The minimum absolute atomic E-state index is 0.0280. The van der Waals surface area contributed by atoms with Gasteiger partial charge in [-0.1, -0.05) is 0 Å². The van der Waals surface area contributed by atoms with E-state index >= 15 is 0 Å². The standard InChI is InChI=1S/C15H19N3OS2/c1-4-18(11(3)19)15-17-12(9-21-15)8-20-13-5-6-14(16)10(2)7-13/h5-7,9H,4,8,16H2,1-3H3. The van der Waals surface area contributed by atoms with E-state index in [1.54, 1.807) is 23.6 Å². The molecule has 0 radical (unpaired) electrons. The van der Waals surface area contributed by atoms with Crippen molar-refractivity contribution >= 4 is 39.8 Å². The number of hydrogen-bond acceptors (Lipinski definition) is 5. The van der Waals surface area contributed by atoms with Crippen molar-refractivity contribution in [2.75, 3.05) is 17.2 Å². The van der Waals surface area contributed by atoms with Gasteiger partial charge in [0.25, 0.3) is 0 Å². The normalized spacial score (nSPS) is 10.6. The highest BCUT2D eigenvalue weighted by molar-refractivity contribution is 7.98. The van der Waals surface area contributed by atoms with Crippen LogP contribution in [0.1, 0.15) is 25.1 Å². The molecule has 0 fully saturated rings. The lowest BCUT2D eigenvalue weighted by Gasteiger charge is -2.14. The molecule has 0 bridgehead atoms. The Labute approximate surface area is 133 Å². The number of nitrogens with two attached hydrogens (primary N) is 1. The van der Waals surface area contributed by atoms with E-state index in [0.717, 1.165) is 27.8 Å². The number of benzene rings is 1. The van der Waals surface area contributed by atoms with Crippen LogP contribution in [0.25, 0.3) is 0 Å². The smallest absolute Gasteiger partial charge is 0.225 e. The largest absolute Gasteiger partial charge is 0.399 e. The summed E-state index contributed by atoms with van der Waals surface area (Å²) in [5, 5.41) is 2.78. The number of nitrogens with zero attached hydrogens (tertiary/aromatic N) is 2. The van der Waals surface area contributed by atoms with Gasteiger partial charge in [-0.05, 0) is 37.6 Å². The van der Waals surface area contributed by atoms with Crippen molar-refractivity contribution in [1.29, 1.82) is 0 Å². The summed E-state index contributed by atoms with van der Waals surface area (Å²) < 4.78 is 0. The molecule has 0 aliphatic heterocycles. The van der Waals surface area contributed by atoms with Gasteiger partial charge in [0.1, 0.15) is 0 Å². The first-order valence-corrected chi connectivity index (χ1v) is 8.59. The van der Waals surface area contributed by atoms with Gasteiger partial charge >= 0.3 is 0 Å². The second kappa shape index (κ2) is 6.95. The zero-order chi connectivity index (χ0) is 15.4. The van der Waals surface area contributed by atoms with Crippen molar-refractivity contribution in [2.24, 2.45) is 0 Å². The predicted molar refractivity (Wildman–Crippen MR) is 91.0 cm³/mol. The van der Waals surface area contributed by atoms with Gasteiger partial charge in [0.15, 0.2) is 5.13 Å². The molecule has 1 aromatic carbocycles. The fourth-order valence-corrected chi connectivity index (χ4v) is 3.80. The van der Waals surface area contributed by atoms with Crippen molar-refractivity contribution in [1.82, 2.24) is 4.98 Å². The number of thiazole rings is 1. The summed E-state index contributed by atoms with van der Waals surface area (Å²) in [6.07, 6.45) is 0. The van der Waals surface area contributed by atoms with Gasteiger partial charge in [-0.25, -0.2) is 4.98 Å². The number of aryl methyl sites for hydroxylation is 1. The first-order valence-electron chi connectivity index (χ1n) is 6.72. The summed E-state index contributed by atoms with van der Waals surface area (Å²) in [7, 11) is 0. The molecule has 21 heavy (non-hydrogen) atoms. The van der Waals surface area contributed by atoms with E-state index in [4.69, 9.17) is 5.73 Å². The number of carbonyl (C=O) groups is 1. The number of nitrogen functional groups attached to an aromatic ring is 1. The first kappa shape index (κ1) is 15.9. The Kier molecular flexibility index (Phi) is 5.25. The Balaban J connectivity index is 2.02. The molecule has 0 unspecified atom stereocenters. The maximum absolute atomic E-state index is 11.5. The van der Waals surface area contributed by atoms with Crippen LogP contribution < -0.4 is 10.6 Å². The minimum Gasteiger partial charge on any atom is -0.399 e. The van der Waals surface area contributed by atoms with Gasteiger partial charge in [-0.3, -0.25) is 9.69 Å². The van der Waals surface area contributed by atoms with Crippen molar-refractivity contribution < 1.29 is 4.79 Å². The van der Waals surface area contributed by atoms with Crippen LogP contribution in [0.5, 0.6) is 0 Å². The molecule has 0 spiro atoms. The molecule has 0 aliphatic rings. The van der Waals surface area contributed by atoms with E-state index in [0.29, 0.717) is 6.54 Å². The molecule has 4 nitrogen and oxygen atoms in total. The van der Waals surface area contributed by atoms with Crippen LogP contribution in [0.2, 0.25) is 0 Å². The maximum atomic E-state index is 11.5. The molecule has 2 rings (SSSR count). The molecular weight excluding hydrogens is 302 g/mol. The second-order valence-electron chi connectivity index (χ2n) is 4.69. The lowest BCUT2D eigenvalue weighted by atomic mass is 10.2. The van der Waals surface area contributed by atoms with Crippen molar-refractivity contribution in [3.05, 3.63) is 34.8 Å².